The van der Waals surface area contributed by atoms with Crippen LogP contribution < -0.4 is 5.32 Å². The fourth-order valence-corrected chi connectivity index (χ4v) is 3.36. The number of hydrogen-bond donors (Lipinski definition) is 1. The van der Waals surface area contributed by atoms with Gasteiger partial charge in [0.15, 0.2) is 0 Å². The molecule has 1 atom stereocenters. The highest BCUT2D eigenvalue weighted by Gasteiger charge is 2.25. The lowest BCUT2D eigenvalue weighted by atomic mass is 10.1. The van der Waals surface area contributed by atoms with Crippen LogP contribution in [-0.2, 0) is 29.1 Å². The summed E-state index contributed by atoms with van der Waals surface area (Å²) in [5, 5.41) is 3.52. The number of carbonyl (C=O) groups excluding carboxylic acids is 2. The van der Waals surface area contributed by atoms with Crippen LogP contribution in [0.15, 0.2) is 79.0 Å². The van der Waals surface area contributed by atoms with Crippen LogP contribution in [0, 0.1) is 0 Å². The number of nitrogens with one attached hydrogen (secondary N) is 1. The molecule has 0 bridgehead atoms. The van der Waals surface area contributed by atoms with Crippen molar-refractivity contribution in [2.75, 3.05) is 0 Å². The third kappa shape index (κ3) is 6.93. The number of nitrogens with zero attached hydrogens (tertiary/aromatic N) is 2. The number of benzene rings is 2. The molecule has 1 heterocycles. The molecule has 2 amide bonds. The molecule has 1 N–H and O–H groups in total. The van der Waals surface area contributed by atoms with Gasteiger partial charge in [0.1, 0.15) is 6.04 Å². The first kappa shape index (κ1) is 22.5. The average Bonchev–Trinajstić information content (AvgIpc) is 2.81. The molecule has 3 aromatic rings. The molecule has 0 saturated heterocycles. The summed E-state index contributed by atoms with van der Waals surface area (Å²) in [7, 11) is 0. The van der Waals surface area contributed by atoms with Gasteiger partial charge in [0.25, 0.3) is 0 Å². The molecule has 5 nitrogen and oxygen atoms in total. The van der Waals surface area contributed by atoms with Gasteiger partial charge >= 0.3 is 0 Å². The minimum absolute atomic E-state index is 0.0701. The second-order valence-corrected chi connectivity index (χ2v) is 7.78. The van der Waals surface area contributed by atoms with Crippen LogP contribution in [0.2, 0.25) is 5.02 Å². The molecule has 0 aliphatic heterocycles. The summed E-state index contributed by atoms with van der Waals surface area (Å²) in [5.41, 5.74) is 2.78. The summed E-state index contributed by atoms with van der Waals surface area (Å²) in [6, 6.07) is 22.1. The smallest absolute Gasteiger partial charge is 0.242 e. The number of aromatic nitrogens is 1. The maximum absolute atomic E-state index is 13.1. The lowest BCUT2D eigenvalue weighted by Crippen LogP contribution is -2.47. The normalized spacial score (nSPS) is 11.5. The first-order chi connectivity index (χ1) is 15.0. The van der Waals surface area contributed by atoms with E-state index >= 15 is 0 Å². The van der Waals surface area contributed by atoms with Crippen LogP contribution in [0.4, 0.5) is 0 Å². The van der Waals surface area contributed by atoms with Crippen molar-refractivity contribution < 1.29 is 9.59 Å². The number of halogens is 1. The predicted octanol–water partition coefficient (Wildman–Crippen LogP) is 4.40. The van der Waals surface area contributed by atoms with Gasteiger partial charge in [-0.3, -0.25) is 14.6 Å². The molecule has 2 aromatic carbocycles. The standard InChI is InChI=1S/C25H26ClN3O2/c1-19(25(31)28-17-23-9-5-6-16-27-23)29(18-21-10-13-22(26)14-11-21)24(30)15-12-20-7-3-2-4-8-20/h2-11,13-14,16,19H,12,15,17-18H2,1H3,(H,28,31). The summed E-state index contributed by atoms with van der Waals surface area (Å²) in [5.74, 6) is -0.285. The van der Waals surface area contributed by atoms with E-state index in [1.165, 1.54) is 0 Å². The Morgan fingerprint density at radius 2 is 1.68 bits per heavy atom. The van der Waals surface area contributed by atoms with Crippen molar-refractivity contribution in [1.29, 1.82) is 0 Å². The van der Waals surface area contributed by atoms with Crippen molar-refractivity contribution in [2.45, 2.75) is 38.9 Å². The van der Waals surface area contributed by atoms with Crippen molar-refractivity contribution in [3.63, 3.8) is 0 Å². The fourth-order valence-electron chi connectivity index (χ4n) is 3.24. The Morgan fingerprint density at radius 3 is 2.35 bits per heavy atom. The highest BCUT2D eigenvalue weighted by molar-refractivity contribution is 6.30. The molecule has 0 saturated carbocycles. The van der Waals surface area contributed by atoms with Crippen molar-refractivity contribution in [3.05, 3.63) is 101 Å². The highest BCUT2D eigenvalue weighted by atomic mass is 35.5. The van der Waals surface area contributed by atoms with Gasteiger partial charge in [-0.2, -0.15) is 0 Å². The van der Waals surface area contributed by atoms with Gasteiger partial charge in [0, 0.05) is 24.2 Å². The third-order valence-corrected chi connectivity index (χ3v) is 5.33. The van der Waals surface area contributed by atoms with E-state index in [1.807, 2.05) is 60.7 Å². The Bertz CT molecular complexity index is 979. The summed E-state index contributed by atoms with van der Waals surface area (Å²) in [4.78, 5) is 31.8. The van der Waals surface area contributed by atoms with Crippen molar-refractivity contribution in [3.8, 4) is 0 Å². The van der Waals surface area contributed by atoms with E-state index in [4.69, 9.17) is 11.6 Å². The number of aryl methyl sites for hydroxylation is 1. The average molecular weight is 436 g/mol. The molecule has 160 valence electrons. The maximum atomic E-state index is 13.1. The van der Waals surface area contributed by atoms with Gasteiger partial charge in [-0.1, -0.05) is 60.1 Å². The molecule has 3 rings (SSSR count). The van der Waals surface area contributed by atoms with E-state index in [1.54, 1.807) is 30.2 Å². The van der Waals surface area contributed by atoms with E-state index in [2.05, 4.69) is 10.3 Å². The van der Waals surface area contributed by atoms with Crippen LogP contribution in [-0.4, -0.2) is 27.7 Å². The van der Waals surface area contributed by atoms with Crippen LogP contribution in [0.1, 0.15) is 30.2 Å². The van der Waals surface area contributed by atoms with E-state index < -0.39 is 6.04 Å². The number of pyridine rings is 1. The SMILES string of the molecule is CC(C(=O)NCc1ccccn1)N(Cc1ccc(Cl)cc1)C(=O)CCc1ccccc1. The fraction of sp³-hybridized carbons (Fsp3) is 0.240. The molecule has 0 fully saturated rings. The Hall–Kier alpha value is -3.18. The molecule has 0 spiro atoms. The Labute approximate surface area is 188 Å². The Balaban J connectivity index is 1.69. The first-order valence-electron chi connectivity index (χ1n) is 10.3. The zero-order valence-electron chi connectivity index (χ0n) is 17.5. The predicted molar refractivity (Wildman–Crippen MR) is 122 cm³/mol. The molecule has 0 aliphatic rings. The highest BCUT2D eigenvalue weighted by Crippen LogP contribution is 2.15. The van der Waals surface area contributed by atoms with Crippen LogP contribution in [0.3, 0.4) is 0 Å². The van der Waals surface area contributed by atoms with E-state index in [-0.39, 0.29) is 11.8 Å². The molecule has 6 heteroatoms. The number of carbonyl (C=O) groups is 2. The van der Waals surface area contributed by atoms with Gasteiger partial charge in [0.05, 0.1) is 12.2 Å². The Morgan fingerprint density at radius 1 is 0.968 bits per heavy atom. The molecule has 0 radical (unpaired) electrons. The van der Waals surface area contributed by atoms with Gasteiger partial charge in [-0.15, -0.1) is 0 Å². The van der Waals surface area contributed by atoms with Crippen LogP contribution >= 0.6 is 11.6 Å². The van der Waals surface area contributed by atoms with Gasteiger partial charge in [-0.05, 0) is 48.7 Å². The quantitative estimate of drug-likeness (QED) is 0.541. The van der Waals surface area contributed by atoms with E-state index in [0.29, 0.717) is 31.0 Å². The van der Waals surface area contributed by atoms with Crippen LogP contribution in [0.5, 0.6) is 0 Å². The summed E-state index contributed by atoms with van der Waals surface area (Å²) in [6.45, 7) is 2.41. The van der Waals surface area contributed by atoms with Crippen molar-refractivity contribution in [2.24, 2.45) is 0 Å². The zero-order chi connectivity index (χ0) is 22.1. The van der Waals surface area contributed by atoms with Gasteiger partial charge < -0.3 is 10.2 Å². The maximum Gasteiger partial charge on any atom is 0.242 e. The molecular weight excluding hydrogens is 410 g/mol. The van der Waals surface area contributed by atoms with Crippen molar-refractivity contribution >= 4 is 23.4 Å². The molecule has 1 aromatic heterocycles. The lowest BCUT2D eigenvalue weighted by molar-refractivity contribution is -0.140. The largest absolute Gasteiger partial charge is 0.349 e. The Kier molecular flexibility index (Phi) is 8.19. The molecule has 31 heavy (non-hydrogen) atoms. The van der Waals surface area contributed by atoms with E-state index in [9.17, 15) is 9.59 Å². The zero-order valence-corrected chi connectivity index (χ0v) is 18.3. The first-order valence-corrected chi connectivity index (χ1v) is 10.7. The second kappa shape index (κ2) is 11.3. The summed E-state index contributed by atoms with van der Waals surface area (Å²) < 4.78 is 0. The molecule has 1 unspecified atom stereocenters. The van der Waals surface area contributed by atoms with Gasteiger partial charge in [0.2, 0.25) is 11.8 Å². The molecule has 0 aliphatic carbocycles. The van der Waals surface area contributed by atoms with Crippen molar-refractivity contribution in [1.82, 2.24) is 15.2 Å². The van der Waals surface area contributed by atoms with Gasteiger partial charge in [-0.25, -0.2) is 0 Å². The monoisotopic (exact) mass is 435 g/mol. The minimum Gasteiger partial charge on any atom is -0.349 e. The number of amides is 2. The number of rotatable bonds is 9. The summed E-state index contributed by atoms with van der Waals surface area (Å²) >= 11 is 5.99. The lowest BCUT2D eigenvalue weighted by Gasteiger charge is -2.29. The number of hydrogen-bond acceptors (Lipinski definition) is 3. The minimum atomic E-state index is -0.623. The second-order valence-electron chi connectivity index (χ2n) is 7.35. The summed E-state index contributed by atoms with van der Waals surface area (Å²) in [6.07, 6.45) is 2.64. The van der Waals surface area contributed by atoms with Crippen LogP contribution in [0.25, 0.3) is 0 Å². The molecular formula is C25H26ClN3O2. The topological polar surface area (TPSA) is 62.3 Å². The van der Waals surface area contributed by atoms with E-state index in [0.717, 1.165) is 16.8 Å². The third-order valence-electron chi connectivity index (χ3n) is 5.07.